The Hall–Kier alpha value is -0.610. The molecule has 0 aliphatic carbocycles. The maximum absolute atomic E-state index is 11.3. The minimum Gasteiger partial charge on any atom is -0.378 e. The first-order valence-electron chi connectivity index (χ1n) is 9.15. The lowest BCUT2D eigenvalue weighted by Gasteiger charge is -2.34. The van der Waals surface area contributed by atoms with E-state index in [2.05, 4.69) is 18.7 Å². The van der Waals surface area contributed by atoms with Crippen LogP contribution in [0.2, 0.25) is 0 Å². The molecule has 0 saturated carbocycles. The SMILES string of the molecule is CC(=O)N1CCC(OCCCN2CCC(C(C)C)CC2)CC1. The number of ether oxygens (including phenoxy) is 1. The summed E-state index contributed by atoms with van der Waals surface area (Å²) in [6, 6.07) is 0. The van der Waals surface area contributed by atoms with Crippen molar-refractivity contribution in [3.8, 4) is 0 Å². The van der Waals surface area contributed by atoms with Crippen LogP contribution in [0.1, 0.15) is 52.9 Å². The van der Waals surface area contributed by atoms with Gasteiger partial charge in [-0.1, -0.05) is 13.8 Å². The number of carbonyl (C=O) groups excluding carboxylic acids is 1. The van der Waals surface area contributed by atoms with Gasteiger partial charge in [0, 0.05) is 33.2 Å². The summed E-state index contributed by atoms with van der Waals surface area (Å²) in [6.07, 6.45) is 6.23. The lowest BCUT2D eigenvalue weighted by atomic mass is 9.87. The van der Waals surface area contributed by atoms with Crippen molar-refractivity contribution in [2.24, 2.45) is 11.8 Å². The van der Waals surface area contributed by atoms with Crippen molar-refractivity contribution in [1.29, 1.82) is 0 Å². The van der Waals surface area contributed by atoms with Gasteiger partial charge in [-0.3, -0.25) is 4.79 Å². The van der Waals surface area contributed by atoms with E-state index >= 15 is 0 Å². The second-order valence-corrected chi connectivity index (χ2v) is 7.35. The van der Waals surface area contributed by atoms with E-state index in [0.29, 0.717) is 6.10 Å². The highest BCUT2D eigenvalue weighted by Crippen LogP contribution is 2.24. The molecule has 2 aliphatic heterocycles. The molecule has 0 aromatic heterocycles. The summed E-state index contributed by atoms with van der Waals surface area (Å²) >= 11 is 0. The first kappa shape index (κ1) is 17.7. The lowest BCUT2D eigenvalue weighted by Crippen LogP contribution is -2.40. The average Bonchev–Trinajstić information content (AvgIpc) is 2.52. The van der Waals surface area contributed by atoms with Gasteiger partial charge in [-0.05, 0) is 57.0 Å². The Morgan fingerprint density at radius 2 is 1.73 bits per heavy atom. The number of piperidine rings is 2. The molecule has 0 aromatic carbocycles. The molecule has 0 aromatic rings. The minimum absolute atomic E-state index is 0.197. The van der Waals surface area contributed by atoms with E-state index < -0.39 is 0 Å². The van der Waals surface area contributed by atoms with E-state index in [4.69, 9.17) is 4.74 Å². The zero-order valence-electron chi connectivity index (χ0n) is 14.7. The summed E-state index contributed by atoms with van der Waals surface area (Å²) in [5.74, 6) is 1.97. The molecule has 2 heterocycles. The number of likely N-dealkylation sites (tertiary alicyclic amines) is 2. The third-order valence-electron chi connectivity index (χ3n) is 5.43. The van der Waals surface area contributed by atoms with Gasteiger partial charge in [0.25, 0.3) is 0 Å². The molecule has 22 heavy (non-hydrogen) atoms. The van der Waals surface area contributed by atoms with Gasteiger partial charge in [-0.25, -0.2) is 0 Å². The van der Waals surface area contributed by atoms with Crippen LogP contribution >= 0.6 is 0 Å². The fourth-order valence-electron chi connectivity index (χ4n) is 3.72. The fraction of sp³-hybridized carbons (Fsp3) is 0.944. The Labute approximate surface area is 136 Å². The summed E-state index contributed by atoms with van der Waals surface area (Å²) in [7, 11) is 0. The Bertz CT molecular complexity index is 330. The Kier molecular flexibility index (Phi) is 7.16. The molecule has 0 atom stereocenters. The van der Waals surface area contributed by atoms with Gasteiger partial charge in [0.15, 0.2) is 0 Å². The smallest absolute Gasteiger partial charge is 0.219 e. The minimum atomic E-state index is 0.197. The Morgan fingerprint density at radius 1 is 1.09 bits per heavy atom. The van der Waals surface area contributed by atoms with Crippen molar-refractivity contribution in [3.05, 3.63) is 0 Å². The summed E-state index contributed by atoms with van der Waals surface area (Å²) in [5.41, 5.74) is 0. The Balaban J connectivity index is 1.51. The van der Waals surface area contributed by atoms with E-state index in [-0.39, 0.29) is 5.91 Å². The lowest BCUT2D eigenvalue weighted by molar-refractivity contribution is -0.131. The van der Waals surface area contributed by atoms with Crippen molar-refractivity contribution >= 4 is 5.91 Å². The van der Waals surface area contributed by atoms with Crippen LogP contribution in [0.4, 0.5) is 0 Å². The zero-order valence-corrected chi connectivity index (χ0v) is 14.7. The third kappa shape index (κ3) is 5.54. The van der Waals surface area contributed by atoms with Crippen LogP contribution in [0.3, 0.4) is 0 Å². The normalized spacial score (nSPS) is 22.5. The molecular formula is C18H34N2O2. The van der Waals surface area contributed by atoms with Gasteiger partial charge in [0.2, 0.25) is 5.91 Å². The van der Waals surface area contributed by atoms with Crippen LogP contribution in [0, 0.1) is 11.8 Å². The molecule has 2 rings (SSSR count). The van der Waals surface area contributed by atoms with Crippen molar-refractivity contribution in [1.82, 2.24) is 9.80 Å². The summed E-state index contributed by atoms with van der Waals surface area (Å²) in [6.45, 7) is 12.7. The first-order valence-corrected chi connectivity index (χ1v) is 9.15. The topological polar surface area (TPSA) is 32.8 Å². The van der Waals surface area contributed by atoms with Gasteiger partial charge in [0.05, 0.1) is 6.10 Å². The molecule has 2 saturated heterocycles. The van der Waals surface area contributed by atoms with Crippen LogP contribution in [0.15, 0.2) is 0 Å². The van der Waals surface area contributed by atoms with E-state index in [1.807, 2.05) is 4.90 Å². The number of hydrogen-bond acceptors (Lipinski definition) is 3. The number of rotatable bonds is 6. The maximum atomic E-state index is 11.3. The molecule has 128 valence electrons. The van der Waals surface area contributed by atoms with E-state index in [1.165, 1.54) is 32.5 Å². The van der Waals surface area contributed by atoms with Crippen LogP contribution < -0.4 is 0 Å². The van der Waals surface area contributed by atoms with Crippen LogP contribution in [-0.2, 0) is 9.53 Å². The molecule has 0 radical (unpaired) electrons. The molecule has 4 heteroatoms. The number of amides is 1. The second kappa shape index (κ2) is 8.88. The molecule has 0 bridgehead atoms. The quantitative estimate of drug-likeness (QED) is 0.707. The summed E-state index contributed by atoms with van der Waals surface area (Å²) in [5, 5.41) is 0. The van der Waals surface area contributed by atoms with Crippen LogP contribution in [0.25, 0.3) is 0 Å². The largest absolute Gasteiger partial charge is 0.378 e. The van der Waals surface area contributed by atoms with E-state index in [1.54, 1.807) is 6.92 Å². The van der Waals surface area contributed by atoms with E-state index in [9.17, 15) is 4.79 Å². The zero-order chi connectivity index (χ0) is 15.9. The fourth-order valence-corrected chi connectivity index (χ4v) is 3.72. The number of hydrogen-bond donors (Lipinski definition) is 0. The number of nitrogens with zero attached hydrogens (tertiary/aromatic N) is 2. The van der Waals surface area contributed by atoms with Gasteiger partial charge >= 0.3 is 0 Å². The molecular weight excluding hydrogens is 276 g/mol. The molecule has 0 unspecified atom stereocenters. The highest BCUT2D eigenvalue weighted by Gasteiger charge is 2.22. The first-order chi connectivity index (χ1) is 10.6. The second-order valence-electron chi connectivity index (χ2n) is 7.35. The summed E-state index contributed by atoms with van der Waals surface area (Å²) < 4.78 is 6.00. The highest BCUT2D eigenvalue weighted by molar-refractivity contribution is 5.73. The highest BCUT2D eigenvalue weighted by atomic mass is 16.5. The average molecular weight is 310 g/mol. The Morgan fingerprint density at radius 3 is 2.27 bits per heavy atom. The van der Waals surface area contributed by atoms with Crippen molar-refractivity contribution in [2.75, 3.05) is 39.3 Å². The van der Waals surface area contributed by atoms with E-state index in [0.717, 1.165) is 50.8 Å². The molecule has 2 aliphatic rings. The van der Waals surface area contributed by atoms with Gasteiger partial charge in [0.1, 0.15) is 0 Å². The molecule has 0 N–H and O–H groups in total. The molecule has 4 nitrogen and oxygen atoms in total. The van der Waals surface area contributed by atoms with Gasteiger partial charge in [-0.15, -0.1) is 0 Å². The van der Waals surface area contributed by atoms with Gasteiger partial charge < -0.3 is 14.5 Å². The van der Waals surface area contributed by atoms with Crippen LogP contribution in [0.5, 0.6) is 0 Å². The molecule has 2 fully saturated rings. The third-order valence-corrected chi connectivity index (χ3v) is 5.43. The standard InChI is InChI=1S/C18H34N2O2/c1-15(2)17-5-10-19(11-6-17)9-4-14-22-18-7-12-20(13-8-18)16(3)21/h15,17-18H,4-14H2,1-3H3. The van der Waals surface area contributed by atoms with Crippen molar-refractivity contribution < 1.29 is 9.53 Å². The maximum Gasteiger partial charge on any atom is 0.219 e. The van der Waals surface area contributed by atoms with Crippen molar-refractivity contribution in [3.63, 3.8) is 0 Å². The predicted octanol–water partition coefficient (Wildman–Crippen LogP) is 2.77. The van der Waals surface area contributed by atoms with Crippen LogP contribution in [-0.4, -0.2) is 61.1 Å². The summed E-state index contributed by atoms with van der Waals surface area (Å²) in [4.78, 5) is 15.8. The molecule has 1 amide bonds. The number of carbonyl (C=O) groups is 1. The molecule has 0 spiro atoms. The van der Waals surface area contributed by atoms with Gasteiger partial charge in [-0.2, -0.15) is 0 Å². The predicted molar refractivity (Wildman–Crippen MR) is 89.8 cm³/mol. The monoisotopic (exact) mass is 310 g/mol. The van der Waals surface area contributed by atoms with Crippen molar-refractivity contribution in [2.45, 2.75) is 59.0 Å².